The predicted octanol–water partition coefficient (Wildman–Crippen LogP) is 4.95. The Balaban J connectivity index is 1.87. The van der Waals surface area contributed by atoms with E-state index in [-0.39, 0.29) is 22.3 Å². The summed E-state index contributed by atoms with van der Waals surface area (Å²) < 4.78 is 33.7. The number of amides is 1. The van der Waals surface area contributed by atoms with Crippen LogP contribution in [0.15, 0.2) is 71.6 Å². The molecular formula is C23H23ClN2O4S. The number of methoxy groups -OCH3 is 1. The van der Waals surface area contributed by atoms with Crippen molar-refractivity contribution in [2.24, 2.45) is 0 Å². The van der Waals surface area contributed by atoms with E-state index in [1.54, 1.807) is 42.5 Å². The van der Waals surface area contributed by atoms with Crippen LogP contribution in [0.1, 0.15) is 34.5 Å². The van der Waals surface area contributed by atoms with Gasteiger partial charge in [-0.2, -0.15) is 0 Å². The highest BCUT2D eigenvalue weighted by Gasteiger charge is 2.22. The summed E-state index contributed by atoms with van der Waals surface area (Å²) in [5.74, 6) is -0.277. The molecule has 0 aliphatic carbocycles. The summed E-state index contributed by atoms with van der Waals surface area (Å²) in [7, 11) is -2.61. The van der Waals surface area contributed by atoms with E-state index >= 15 is 0 Å². The first-order valence-corrected chi connectivity index (χ1v) is 11.4. The van der Waals surface area contributed by atoms with E-state index < -0.39 is 15.9 Å². The highest BCUT2D eigenvalue weighted by Crippen LogP contribution is 2.27. The van der Waals surface area contributed by atoms with E-state index in [9.17, 15) is 13.2 Å². The lowest BCUT2D eigenvalue weighted by molar-refractivity contribution is 0.0939. The van der Waals surface area contributed by atoms with Crippen LogP contribution in [0, 0.1) is 6.92 Å². The zero-order valence-corrected chi connectivity index (χ0v) is 18.9. The van der Waals surface area contributed by atoms with Gasteiger partial charge < -0.3 is 10.1 Å². The van der Waals surface area contributed by atoms with E-state index in [2.05, 4.69) is 10.0 Å². The average molecular weight is 459 g/mol. The van der Waals surface area contributed by atoms with Gasteiger partial charge in [-0.15, -0.1) is 0 Å². The average Bonchev–Trinajstić information content (AvgIpc) is 2.74. The van der Waals surface area contributed by atoms with Crippen LogP contribution in [0.5, 0.6) is 5.75 Å². The highest BCUT2D eigenvalue weighted by molar-refractivity contribution is 7.92. The summed E-state index contributed by atoms with van der Waals surface area (Å²) in [4.78, 5) is 12.7. The Kier molecular flexibility index (Phi) is 6.87. The maximum absolute atomic E-state index is 13.0. The van der Waals surface area contributed by atoms with Crippen LogP contribution in [-0.4, -0.2) is 21.4 Å². The van der Waals surface area contributed by atoms with Crippen LogP contribution >= 0.6 is 11.6 Å². The Bertz CT molecular complexity index is 1190. The smallest absolute Gasteiger partial charge is 0.265 e. The maximum Gasteiger partial charge on any atom is 0.265 e. The van der Waals surface area contributed by atoms with Crippen molar-refractivity contribution in [2.45, 2.75) is 24.8 Å². The second kappa shape index (κ2) is 9.41. The predicted molar refractivity (Wildman–Crippen MR) is 122 cm³/mol. The van der Waals surface area contributed by atoms with Crippen molar-refractivity contribution < 1.29 is 17.9 Å². The fraction of sp³-hybridized carbons (Fsp3) is 0.174. The molecule has 2 N–H and O–H groups in total. The highest BCUT2D eigenvalue weighted by atomic mass is 35.5. The standard InChI is InChI=1S/C23H23ClN2O4S/c1-15-7-10-20(11-8-15)26-31(28,29)22-14-18(9-12-21(22)30-3)23(27)25-16(2)17-5-4-6-19(24)13-17/h4-14,16,26H,1-3H3,(H,25,27). The fourth-order valence-electron chi connectivity index (χ4n) is 3.00. The third kappa shape index (κ3) is 5.57. The van der Waals surface area contributed by atoms with E-state index in [4.69, 9.17) is 16.3 Å². The number of hydrogen-bond acceptors (Lipinski definition) is 4. The lowest BCUT2D eigenvalue weighted by Crippen LogP contribution is -2.27. The molecule has 3 aromatic rings. The van der Waals surface area contributed by atoms with Gasteiger partial charge in [0.1, 0.15) is 10.6 Å². The molecule has 1 atom stereocenters. The van der Waals surface area contributed by atoms with Gasteiger partial charge in [-0.05, 0) is 61.9 Å². The molecule has 6 nitrogen and oxygen atoms in total. The summed E-state index contributed by atoms with van der Waals surface area (Å²) in [5, 5.41) is 3.43. The fourth-order valence-corrected chi connectivity index (χ4v) is 4.45. The van der Waals surface area contributed by atoms with Crippen molar-refractivity contribution in [1.82, 2.24) is 5.32 Å². The number of carbonyl (C=O) groups is 1. The van der Waals surface area contributed by atoms with Gasteiger partial charge in [-0.1, -0.05) is 41.4 Å². The van der Waals surface area contributed by atoms with Crippen molar-refractivity contribution in [1.29, 1.82) is 0 Å². The van der Waals surface area contributed by atoms with Crippen molar-refractivity contribution in [3.05, 3.63) is 88.4 Å². The molecule has 0 radical (unpaired) electrons. The number of rotatable bonds is 7. The van der Waals surface area contributed by atoms with Gasteiger partial charge in [-0.3, -0.25) is 9.52 Å². The van der Waals surface area contributed by atoms with Gasteiger partial charge in [0.15, 0.2) is 0 Å². The van der Waals surface area contributed by atoms with Crippen molar-refractivity contribution in [3.63, 3.8) is 0 Å². The third-order valence-corrected chi connectivity index (χ3v) is 6.35. The van der Waals surface area contributed by atoms with Gasteiger partial charge >= 0.3 is 0 Å². The van der Waals surface area contributed by atoms with Gasteiger partial charge in [0, 0.05) is 16.3 Å². The molecule has 3 aromatic carbocycles. The minimum atomic E-state index is -3.98. The van der Waals surface area contributed by atoms with Gasteiger partial charge in [-0.25, -0.2) is 8.42 Å². The zero-order chi connectivity index (χ0) is 22.6. The molecule has 0 heterocycles. The van der Waals surface area contributed by atoms with Crippen LogP contribution in [0.3, 0.4) is 0 Å². The monoisotopic (exact) mass is 458 g/mol. The molecule has 8 heteroatoms. The summed E-state index contributed by atoms with van der Waals surface area (Å²) in [6.07, 6.45) is 0. The number of ether oxygens (including phenoxy) is 1. The van der Waals surface area contributed by atoms with Crippen molar-refractivity contribution in [2.75, 3.05) is 11.8 Å². The number of sulfonamides is 1. The molecule has 0 fully saturated rings. The Hall–Kier alpha value is -3.03. The van der Waals surface area contributed by atoms with E-state index in [0.717, 1.165) is 11.1 Å². The first kappa shape index (κ1) is 22.7. The third-order valence-electron chi connectivity index (χ3n) is 4.72. The zero-order valence-electron chi connectivity index (χ0n) is 17.3. The number of hydrogen-bond donors (Lipinski definition) is 2. The summed E-state index contributed by atoms with van der Waals surface area (Å²) in [6.45, 7) is 3.73. The first-order chi connectivity index (χ1) is 14.7. The van der Waals surface area contributed by atoms with Gasteiger partial charge in [0.05, 0.1) is 13.2 Å². The number of anilines is 1. The number of halogens is 1. The molecule has 3 rings (SSSR count). The lowest BCUT2D eigenvalue weighted by Gasteiger charge is -2.16. The van der Waals surface area contributed by atoms with E-state index in [1.165, 1.54) is 25.3 Å². The summed E-state index contributed by atoms with van der Waals surface area (Å²) >= 11 is 6.02. The first-order valence-electron chi connectivity index (χ1n) is 9.53. The normalized spacial score (nSPS) is 12.1. The number of benzene rings is 3. The largest absolute Gasteiger partial charge is 0.495 e. The van der Waals surface area contributed by atoms with Gasteiger partial charge in [0.2, 0.25) is 0 Å². The van der Waals surface area contributed by atoms with Crippen LogP contribution < -0.4 is 14.8 Å². The molecule has 0 aromatic heterocycles. The van der Waals surface area contributed by atoms with E-state index in [1.807, 2.05) is 19.9 Å². The van der Waals surface area contributed by atoms with Crippen molar-refractivity contribution in [3.8, 4) is 5.75 Å². The molecule has 0 bridgehead atoms. The lowest BCUT2D eigenvalue weighted by atomic mass is 10.1. The second-order valence-corrected chi connectivity index (χ2v) is 9.17. The molecule has 0 aliphatic rings. The summed E-state index contributed by atoms with van der Waals surface area (Å²) in [5.41, 5.74) is 2.45. The Morgan fingerprint density at radius 1 is 1.03 bits per heavy atom. The topological polar surface area (TPSA) is 84.5 Å². The van der Waals surface area contributed by atoms with Crippen LogP contribution in [-0.2, 0) is 10.0 Å². The van der Waals surface area contributed by atoms with Crippen LogP contribution in [0.4, 0.5) is 5.69 Å². The number of carbonyl (C=O) groups excluding carboxylic acids is 1. The summed E-state index contributed by atoms with van der Waals surface area (Å²) in [6, 6.07) is 18.1. The molecular weight excluding hydrogens is 436 g/mol. The Labute approximate surface area is 187 Å². The molecule has 0 saturated carbocycles. The molecule has 0 spiro atoms. The molecule has 31 heavy (non-hydrogen) atoms. The minimum absolute atomic E-state index is 0.126. The number of nitrogens with one attached hydrogen (secondary N) is 2. The van der Waals surface area contributed by atoms with Crippen LogP contribution in [0.2, 0.25) is 5.02 Å². The van der Waals surface area contributed by atoms with Crippen molar-refractivity contribution >= 4 is 33.2 Å². The quantitative estimate of drug-likeness (QED) is 0.524. The second-order valence-electron chi connectivity index (χ2n) is 7.09. The van der Waals surface area contributed by atoms with Crippen LogP contribution in [0.25, 0.3) is 0 Å². The Morgan fingerprint density at radius 2 is 1.74 bits per heavy atom. The minimum Gasteiger partial charge on any atom is -0.495 e. The Morgan fingerprint density at radius 3 is 2.39 bits per heavy atom. The van der Waals surface area contributed by atoms with Gasteiger partial charge in [0.25, 0.3) is 15.9 Å². The molecule has 1 amide bonds. The molecule has 0 saturated heterocycles. The SMILES string of the molecule is COc1ccc(C(=O)NC(C)c2cccc(Cl)c2)cc1S(=O)(=O)Nc1ccc(C)cc1. The number of aryl methyl sites for hydroxylation is 1. The molecule has 1 unspecified atom stereocenters. The molecule has 0 aliphatic heterocycles. The maximum atomic E-state index is 13.0. The molecule has 162 valence electrons. The van der Waals surface area contributed by atoms with E-state index in [0.29, 0.717) is 10.7 Å².